The van der Waals surface area contributed by atoms with Gasteiger partial charge in [0.2, 0.25) is 0 Å². The number of hydrogen-bond acceptors (Lipinski definition) is 3. The maximum Gasteiger partial charge on any atom is 0.145 e. The molecule has 0 aliphatic heterocycles. The molecule has 22 heavy (non-hydrogen) atoms. The molecular formula is C19H28N2O. The number of para-hydroxylation sites is 1. The van der Waals surface area contributed by atoms with Crippen LogP contribution in [-0.2, 0) is 12.0 Å². The molecule has 0 fully saturated rings. The van der Waals surface area contributed by atoms with E-state index < -0.39 is 0 Å². The van der Waals surface area contributed by atoms with Gasteiger partial charge in [-0.1, -0.05) is 46.8 Å². The van der Waals surface area contributed by atoms with Crippen molar-refractivity contribution in [2.75, 3.05) is 13.7 Å². The van der Waals surface area contributed by atoms with Crippen LogP contribution in [0.4, 0.5) is 0 Å². The van der Waals surface area contributed by atoms with E-state index in [1.54, 1.807) is 7.11 Å². The van der Waals surface area contributed by atoms with Gasteiger partial charge in [0.25, 0.3) is 0 Å². The maximum absolute atomic E-state index is 5.51. The SMILES string of the molecule is COc1cccc2c(CNCC(C)C)cc(C(C)(C)C)nc12. The molecule has 0 radical (unpaired) electrons. The Morgan fingerprint density at radius 3 is 2.55 bits per heavy atom. The van der Waals surface area contributed by atoms with Gasteiger partial charge in [0.05, 0.1) is 7.11 Å². The maximum atomic E-state index is 5.51. The van der Waals surface area contributed by atoms with E-state index in [-0.39, 0.29) is 5.41 Å². The topological polar surface area (TPSA) is 34.1 Å². The summed E-state index contributed by atoms with van der Waals surface area (Å²) in [5.74, 6) is 1.48. The lowest BCUT2D eigenvalue weighted by atomic mass is 9.89. The molecule has 0 saturated carbocycles. The third-order valence-corrected chi connectivity index (χ3v) is 3.74. The lowest BCUT2D eigenvalue weighted by molar-refractivity contribution is 0.418. The van der Waals surface area contributed by atoms with Crippen LogP contribution in [0.15, 0.2) is 24.3 Å². The zero-order valence-electron chi connectivity index (χ0n) is 14.7. The van der Waals surface area contributed by atoms with E-state index in [0.717, 1.165) is 30.0 Å². The Bertz CT molecular complexity index is 642. The lowest BCUT2D eigenvalue weighted by Crippen LogP contribution is -2.20. The number of rotatable bonds is 5. The van der Waals surface area contributed by atoms with Gasteiger partial charge in [0, 0.05) is 23.0 Å². The quantitative estimate of drug-likeness (QED) is 0.894. The molecule has 1 heterocycles. The standard InChI is InChI=1S/C19H28N2O/c1-13(2)11-20-12-14-10-17(19(3,4)5)21-18-15(14)8-7-9-16(18)22-6/h7-10,13,20H,11-12H2,1-6H3. The minimum absolute atomic E-state index is 0.0157. The number of ether oxygens (including phenoxy) is 1. The summed E-state index contributed by atoms with van der Waals surface area (Å²) in [7, 11) is 1.71. The molecule has 120 valence electrons. The highest BCUT2D eigenvalue weighted by Gasteiger charge is 2.19. The van der Waals surface area contributed by atoms with Crippen LogP contribution in [0.2, 0.25) is 0 Å². The predicted molar refractivity (Wildman–Crippen MR) is 93.5 cm³/mol. The molecule has 3 heteroatoms. The normalized spacial score (nSPS) is 12.1. The van der Waals surface area contributed by atoms with Crippen molar-refractivity contribution in [3.05, 3.63) is 35.5 Å². The van der Waals surface area contributed by atoms with Crippen molar-refractivity contribution in [3.63, 3.8) is 0 Å². The molecule has 1 aromatic heterocycles. The highest BCUT2D eigenvalue weighted by atomic mass is 16.5. The molecule has 0 aliphatic rings. The van der Waals surface area contributed by atoms with Gasteiger partial charge in [-0.3, -0.25) is 0 Å². The number of aromatic nitrogens is 1. The van der Waals surface area contributed by atoms with Crippen LogP contribution in [0, 0.1) is 5.92 Å². The first-order valence-electron chi connectivity index (χ1n) is 8.00. The van der Waals surface area contributed by atoms with Gasteiger partial charge < -0.3 is 10.1 Å². The Morgan fingerprint density at radius 2 is 1.95 bits per heavy atom. The van der Waals surface area contributed by atoms with Crippen LogP contribution >= 0.6 is 0 Å². The van der Waals surface area contributed by atoms with Gasteiger partial charge in [0.1, 0.15) is 11.3 Å². The van der Waals surface area contributed by atoms with E-state index in [1.807, 2.05) is 12.1 Å². The summed E-state index contributed by atoms with van der Waals surface area (Å²) in [6.07, 6.45) is 0. The van der Waals surface area contributed by atoms with E-state index in [1.165, 1.54) is 10.9 Å². The average molecular weight is 300 g/mol. The van der Waals surface area contributed by atoms with Crippen molar-refractivity contribution in [2.24, 2.45) is 5.92 Å². The Labute approximate surface area is 134 Å². The van der Waals surface area contributed by atoms with E-state index in [2.05, 4.69) is 52.1 Å². The number of pyridine rings is 1. The highest BCUT2D eigenvalue weighted by Crippen LogP contribution is 2.30. The minimum Gasteiger partial charge on any atom is -0.494 e. The number of hydrogen-bond donors (Lipinski definition) is 1. The van der Waals surface area contributed by atoms with Crippen molar-refractivity contribution >= 4 is 10.9 Å². The van der Waals surface area contributed by atoms with E-state index in [0.29, 0.717) is 5.92 Å². The number of methoxy groups -OCH3 is 1. The second-order valence-electron chi connectivity index (χ2n) is 7.30. The van der Waals surface area contributed by atoms with Crippen molar-refractivity contribution in [1.29, 1.82) is 0 Å². The Balaban J connectivity index is 2.52. The predicted octanol–water partition coefficient (Wildman–Crippen LogP) is 4.29. The van der Waals surface area contributed by atoms with Crippen molar-refractivity contribution in [3.8, 4) is 5.75 Å². The first kappa shape index (κ1) is 16.8. The van der Waals surface area contributed by atoms with E-state index in [9.17, 15) is 0 Å². The third kappa shape index (κ3) is 3.77. The monoisotopic (exact) mass is 300 g/mol. The molecule has 0 bridgehead atoms. The van der Waals surface area contributed by atoms with Crippen LogP contribution in [0.1, 0.15) is 45.9 Å². The molecule has 2 aromatic rings. The van der Waals surface area contributed by atoms with Crippen molar-refractivity contribution in [1.82, 2.24) is 10.3 Å². The molecule has 0 saturated heterocycles. The third-order valence-electron chi connectivity index (χ3n) is 3.74. The van der Waals surface area contributed by atoms with Gasteiger partial charge in [-0.2, -0.15) is 0 Å². The van der Waals surface area contributed by atoms with Crippen molar-refractivity contribution < 1.29 is 4.74 Å². The minimum atomic E-state index is 0.0157. The first-order valence-corrected chi connectivity index (χ1v) is 8.00. The number of nitrogens with zero attached hydrogens (tertiary/aromatic N) is 1. The van der Waals surface area contributed by atoms with Crippen LogP contribution < -0.4 is 10.1 Å². The molecule has 0 aliphatic carbocycles. The first-order chi connectivity index (χ1) is 10.3. The van der Waals surface area contributed by atoms with Gasteiger partial charge >= 0.3 is 0 Å². The fourth-order valence-corrected chi connectivity index (χ4v) is 2.48. The van der Waals surface area contributed by atoms with Crippen LogP contribution in [0.25, 0.3) is 10.9 Å². The summed E-state index contributed by atoms with van der Waals surface area (Å²) in [5.41, 5.74) is 3.36. The number of nitrogens with one attached hydrogen (secondary N) is 1. The fourth-order valence-electron chi connectivity index (χ4n) is 2.48. The number of fused-ring (bicyclic) bond motifs is 1. The molecule has 3 nitrogen and oxygen atoms in total. The van der Waals surface area contributed by atoms with Crippen molar-refractivity contribution in [2.45, 2.75) is 46.6 Å². The lowest BCUT2D eigenvalue weighted by Gasteiger charge is -2.21. The molecule has 1 aromatic carbocycles. The van der Waals surface area contributed by atoms with E-state index in [4.69, 9.17) is 9.72 Å². The summed E-state index contributed by atoms with van der Waals surface area (Å²) in [6, 6.07) is 8.37. The molecule has 0 atom stereocenters. The summed E-state index contributed by atoms with van der Waals surface area (Å²) in [5, 5.41) is 4.71. The molecule has 0 unspecified atom stereocenters. The smallest absolute Gasteiger partial charge is 0.145 e. The summed E-state index contributed by atoms with van der Waals surface area (Å²) in [6.45, 7) is 12.9. The fraction of sp³-hybridized carbons (Fsp3) is 0.526. The molecule has 0 amide bonds. The second kappa shape index (κ2) is 6.66. The highest BCUT2D eigenvalue weighted by molar-refractivity contribution is 5.87. The largest absolute Gasteiger partial charge is 0.494 e. The zero-order valence-corrected chi connectivity index (χ0v) is 14.7. The Morgan fingerprint density at radius 1 is 1.23 bits per heavy atom. The summed E-state index contributed by atoms with van der Waals surface area (Å²) < 4.78 is 5.51. The summed E-state index contributed by atoms with van der Waals surface area (Å²) >= 11 is 0. The van der Waals surface area contributed by atoms with Gasteiger partial charge in [0.15, 0.2) is 0 Å². The second-order valence-corrected chi connectivity index (χ2v) is 7.30. The molecular weight excluding hydrogens is 272 g/mol. The molecule has 1 N–H and O–H groups in total. The number of benzene rings is 1. The van der Waals surface area contributed by atoms with E-state index >= 15 is 0 Å². The molecule has 2 rings (SSSR count). The van der Waals surface area contributed by atoms with Crippen LogP contribution in [0.3, 0.4) is 0 Å². The zero-order chi connectivity index (χ0) is 16.3. The van der Waals surface area contributed by atoms with Gasteiger partial charge in [-0.05, 0) is 30.2 Å². The van der Waals surface area contributed by atoms with Crippen LogP contribution in [0.5, 0.6) is 5.75 Å². The van der Waals surface area contributed by atoms with Crippen LogP contribution in [-0.4, -0.2) is 18.6 Å². The Kier molecular flexibility index (Phi) is 5.07. The van der Waals surface area contributed by atoms with Gasteiger partial charge in [-0.25, -0.2) is 4.98 Å². The summed E-state index contributed by atoms with van der Waals surface area (Å²) in [4.78, 5) is 4.87. The van der Waals surface area contributed by atoms with Gasteiger partial charge in [-0.15, -0.1) is 0 Å². The molecule has 0 spiro atoms. The Hall–Kier alpha value is -1.61. The average Bonchev–Trinajstić information content (AvgIpc) is 2.45.